The van der Waals surface area contributed by atoms with Crippen LogP contribution in [0, 0.1) is 20.8 Å². The highest BCUT2D eigenvalue weighted by atomic mass is 32.1. The summed E-state index contributed by atoms with van der Waals surface area (Å²) in [5, 5.41) is 4.96. The van der Waals surface area contributed by atoms with E-state index in [-0.39, 0.29) is 11.9 Å². The van der Waals surface area contributed by atoms with Crippen molar-refractivity contribution < 1.29 is 4.79 Å². The lowest BCUT2D eigenvalue weighted by molar-refractivity contribution is 0.0940. The van der Waals surface area contributed by atoms with E-state index < -0.39 is 0 Å². The Balaban J connectivity index is 2.12. The summed E-state index contributed by atoms with van der Waals surface area (Å²) in [4.78, 5) is 13.3. The fourth-order valence-electron chi connectivity index (χ4n) is 2.23. The Kier molecular flexibility index (Phi) is 4.05. The molecule has 0 aliphatic carbocycles. The van der Waals surface area contributed by atoms with Gasteiger partial charge >= 0.3 is 0 Å². The normalized spacial score (nSPS) is 12.2. The van der Waals surface area contributed by atoms with Gasteiger partial charge in [-0.15, -0.1) is 11.3 Å². The second-order valence-corrected chi connectivity index (χ2v) is 6.12. The average Bonchev–Trinajstić information content (AvgIpc) is 2.75. The summed E-state index contributed by atoms with van der Waals surface area (Å²) >= 11 is 1.60. The van der Waals surface area contributed by atoms with E-state index in [1.54, 1.807) is 11.3 Å². The topological polar surface area (TPSA) is 29.1 Å². The fourth-order valence-corrected chi connectivity index (χ4v) is 2.91. The first-order valence-corrected chi connectivity index (χ1v) is 7.28. The SMILES string of the molecule is Cc1ccc([C@@H](C)NC(=O)c2csc(C)c2)c(C)c1. The highest BCUT2D eigenvalue weighted by molar-refractivity contribution is 7.10. The van der Waals surface area contributed by atoms with Gasteiger partial charge in [0.15, 0.2) is 0 Å². The number of benzene rings is 1. The van der Waals surface area contributed by atoms with Crippen LogP contribution in [0.2, 0.25) is 0 Å². The van der Waals surface area contributed by atoms with E-state index in [1.807, 2.05) is 25.3 Å². The van der Waals surface area contributed by atoms with Crippen molar-refractivity contribution in [2.24, 2.45) is 0 Å². The Bertz CT molecular complexity index is 601. The van der Waals surface area contributed by atoms with Crippen LogP contribution in [0.25, 0.3) is 0 Å². The van der Waals surface area contributed by atoms with E-state index >= 15 is 0 Å². The van der Waals surface area contributed by atoms with E-state index in [4.69, 9.17) is 0 Å². The van der Waals surface area contributed by atoms with Crippen molar-refractivity contribution in [2.75, 3.05) is 0 Å². The molecule has 0 fully saturated rings. The molecule has 1 atom stereocenters. The third-order valence-corrected chi connectivity index (χ3v) is 4.09. The summed E-state index contributed by atoms with van der Waals surface area (Å²) in [5.74, 6) is -0.00294. The van der Waals surface area contributed by atoms with Crippen LogP contribution in [0.15, 0.2) is 29.6 Å². The number of hydrogen-bond acceptors (Lipinski definition) is 2. The van der Waals surface area contributed by atoms with Gasteiger partial charge in [0, 0.05) is 10.3 Å². The number of thiophene rings is 1. The van der Waals surface area contributed by atoms with E-state index in [0.29, 0.717) is 0 Å². The van der Waals surface area contributed by atoms with Gasteiger partial charge in [0.05, 0.1) is 11.6 Å². The van der Waals surface area contributed by atoms with Crippen molar-refractivity contribution in [3.8, 4) is 0 Å². The molecular formula is C16H19NOS. The summed E-state index contributed by atoms with van der Waals surface area (Å²) in [6, 6.07) is 8.27. The van der Waals surface area contributed by atoms with Crippen LogP contribution in [0.3, 0.4) is 0 Å². The largest absolute Gasteiger partial charge is 0.345 e. The molecule has 3 heteroatoms. The maximum absolute atomic E-state index is 12.1. The van der Waals surface area contributed by atoms with Crippen LogP contribution in [-0.2, 0) is 0 Å². The quantitative estimate of drug-likeness (QED) is 0.893. The number of hydrogen-bond donors (Lipinski definition) is 1. The van der Waals surface area contributed by atoms with Crippen LogP contribution in [-0.4, -0.2) is 5.91 Å². The van der Waals surface area contributed by atoms with Crippen LogP contribution in [0.5, 0.6) is 0 Å². The predicted octanol–water partition coefficient (Wildman–Crippen LogP) is 4.16. The van der Waals surface area contributed by atoms with Gasteiger partial charge in [-0.05, 0) is 44.9 Å². The molecule has 0 saturated heterocycles. The van der Waals surface area contributed by atoms with E-state index in [0.717, 1.165) is 10.4 Å². The molecule has 2 aromatic rings. The smallest absolute Gasteiger partial charge is 0.252 e. The molecule has 0 bridgehead atoms. The van der Waals surface area contributed by atoms with E-state index in [1.165, 1.54) is 16.7 Å². The lowest BCUT2D eigenvalue weighted by atomic mass is 10.00. The Morgan fingerprint density at radius 3 is 2.53 bits per heavy atom. The van der Waals surface area contributed by atoms with Crippen molar-refractivity contribution in [1.29, 1.82) is 0 Å². The monoisotopic (exact) mass is 273 g/mol. The summed E-state index contributed by atoms with van der Waals surface area (Å²) in [6.07, 6.45) is 0. The highest BCUT2D eigenvalue weighted by Crippen LogP contribution is 2.20. The number of amides is 1. The molecule has 2 rings (SSSR count). The van der Waals surface area contributed by atoms with Crippen molar-refractivity contribution in [2.45, 2.75) is 33.7 Å². The van der Waals surface area contributed by atoms with Crippen molar-refractivity contribution in [1.82, 2.24) is 5.32 Å². The minimum atomic E-state index is -0.00294. The van der Waals surface area contributed by atoms with Gasteiger partial charge in [0.1, 0.15) is 0 Å². The summed E-state index contributed by atoms with van der Waals surface area (Å²) in [6.45, 7) is 8.19. The van der Waals surface area contributed by atoms with Crippen LogP contribution in [0.1, 0.15) is 44.9 Å². The van der Waals surface area contributed by atoms with E-state index in [9.17, 15) is 4.79 Å². The molecule has 1 amide bonds. The van der Waals surface area contributed by atoms with Gasteiger partial charge in [-0.1, -0.05) is 23.8 Å². The predicted molar refractivity (Wildman–Crippen MR) is 80.9 cm³/mol. The molecule has 0 radical (unpaired) electrons. The summed E-state index contributed by atoms with van der Waals surface area (Å²) < 4.78 is 0. The van der Waals surface area contributed by atoms with E-state index in [2.05, 4.69) is 37.4 Å². The number of carbonyl (C=O) groups is 1. The van der Waals surface area contributed by atoms with Crippen LogP contribution in [0.4, 0.5) is 0 Å². The Labute approximate surface area is 118 Å². The minimum absolute atomic E-state index is 0.00294. The molecule has 1 aromatic heterocycles. The lowest BCUT2D eigenvalue weighted by Gasteiger charge is -2.16. The second kappa shape index (κ2) is 5.57. The third-order valence-electron chi connectivity index (χ3n) is 3.23. The van der Waals surface area contributed by atoms with Crippen molar-refractivity contribution in [3.05, 3.63) is 56.8 Å². The maximum atomic E-state index is 12.1. The average molecular weight is 273 g/mol. The van der Waals surface area contributed by atoms with Crippen molar-refractivity contribution >= 4 is 17.2 Å². The first kappa shape index (κ1) is 13.8. The minimum Gasteiger partial charge on any atom is -0.345 e. The number of aryl methyl sites for hydroxylation is 3. The second-order valence-electron chi connectivity index (χ2n) is 5.00. The molecule has 19 heavy (non-hydrogen) atoms. The number of carbonyl (C=O) groups excluding carboxylic acids is 1. The molecule has 0 unspecified atom stereocenters. The zero-order chi connectivity index (χ0) is 14.0. The molecule has 1 N–H and O–H groups in total. The fraction of sp³-hybridized carbons (Fsp3) is 0.312. The summed E-state index contributed by atoms with van der Waals surface area (Å²) in [5.41, 5.74) is 4.38. The molecule has 0 aliphatic heterocycles. The maximum Gasteiger partial charge on any atom is 0.252 e. The molecule has 100 valence electrons. The lowest BCUT2D eigenvalue weighted by Crippen LogP contribution is -2.26. The number of rotatable bonds is 3. The van der Waals surface area contributed by atoms with Crippen molar-refractivity contribution in [3.63, 3.8) is 0 Å². The van der Waals surface area contributed by atoms with Gasteiger partial charge in [-0.2, -0.15) is 0 Å². The van der Waals surface area contributed by atoms with Crippen LogP contribution >= 0.6 is 11.3 Å². The Hall–Kier alpha value is -1.61. The summed E-state index contributed by atoms with van der Waals surface area (Å²) in [7, 11) is 0. The van der Waals surface area contributed by atoms with Gasteiger partial charge in [-0.3, -0.25) is 4.79 Å². The van der Waals surface area contributed by atoms with Gasteiger partial charge < -0.3 is 5.32 Å². The first-order valence-electron chi connectivity index (χ1n) is 6.40. The molecule has 0 spiro atoms. The molecule has 0 saturated carbocycles. The first-order chi connectivity index (χ1) is 8.97. The van der Waals surface area contributed by atoms with Gasteiger partial charge in [-0.25, -0.2) is 0 Å². The molecule has 1 aromatic carbocycles. The highest BCUT2D eigenvalue weighted by Gasteiger charge is 2.13. The Morgan fingerprint density at radius 2 is 1.95 bits per heavy atom. The molecule has 2 nitrogen and oxygen atoms in total. The molecule has 0 aliphatic rings. The zero-order valence-corrected chi connectivity index (χ0v) is 12.6. The van der Waals surface area contributed by atoms with Gasteiger partial charge in [0.2, 0.25) is 0 Å². The van der Waals surface area contributed by atoms with Crippen LogP contribution < -0.4 is 5.32 Å². The standard InChI is InChI=1S/C16H19NOS/c1-10-5-6-15(11(2)7-10)13(4)17-16(18)14-8-12(3)19-9-14/h5-9,13H,1-4H3,(H,17,18)/t13-/m1/s1. The molecular weight excluding hydrogens is 254 g/mol. The zero-order valence-electron chi connectivity index (χ0n) is 11.8. The Morgan fingerprint density at radius 1 is 1.21 bits per heavy atom. The molecule has 1 heterocycles. The number of nitrogens with one attached hydrogen (secondary N) is 1. The van der Waals surface area contributed by atoms with Gasteiger partial charge in [0.25, 0.3) is 5.91 Å². The third kappa shape index (κ3) is 3.24.